The lowest BCUT2D eigenvalue weighted by molar-refractivity contribution is -0.385. The third-order valence-electron chi connectivity index (χ3n) is 5.16. The van der Waals surface area contributed by atoms with E-state index in [1.807, 2.05) is 0 Å². The smallest absolute Gasteiger partial charge is 0.294 e. The SMILES string of the molecule is COc1cc(C=C2SC(=O)N(CC(=O)N3CCOCC3)C2=O)ccc1Oc1ccc([N+](=O)[O-])cn1. The first kappa shape index (κ1) is 24.2. The van der Waals surface area contributed by atoms with Crippen molar-refractivity contribution in [2.75, 3.05) is 40.0 Å². The summed E-state index contributed by atoms with van der Waals surface area (Å²) in [6, 6.07) is 7.46. The molecule has 0 N–H and O–H groups in total. The van der Waals surface area contributed by atoms with Crippen molar-refractivity contribution in [2.45, 2.75) is 0 Å². The first-order chi connectivity index (χ1) is 16.9. The maximum absolute atomic E-state index is 12.8. The zero-order chi connectivity index (χ0) is 24.9. The Bertz CT molecular complexity index is 1190. The van der Waals surface area contributed by atoms with Crippen LogP contribution in [0.4, 0.5) is 10.5 Å². The Morgan fingerprint density at radius 3 is 2.66 bits per heavy atom. The number of ether oxygens (including phenoxy) is 3. The van der Waals surface area contributed by atoms with Crippen LogP contribution in [0.2, 0.25) is 0 Å². The highest BCUT2D eigenvalue weighted by molar-refractivity contribution is 8.18. The highest BCUT2D eigenvalue weighted by Gasteiger charge is 2.37. The van der Waals surface area contributed by atoms with E-state index in [4.69, 9.17) is 14.2 Å². The van der Waals surface area contributed by atoms with Gasteiger partial charge in [0.15, 0.2) is 11.5 Å². The van der Waals surface area contributed by atoms with Gasteiger partial charge in [0.1, 0.15) is 12.7 Å². The highest BCUT2D eigenvalue weighted by Crippen LogP contribution is 2.36. The molecule has 13 heteroatoms. The van der Waals surface area contributed by atoms with Gasteiger partial charge in [0.2, 0.25) is 11.8 Å². The van der Waals surface area contributed by atoms with E-state index in [1.54, 1.807) is 23.1 Å². The van der Waals surface area contributed by atoms with Crippen molar-refractivity contribution in [3.05, 3.63) is 57.1 Å². The first-order valence-corrected chi connectivity index (χ1v) is 11.2. The fraction of sp³-hybridized carbons (Fsp3) is 0.273. The molecule has 0 saturated carbocycles. The molecule has 2 aromatic rings. The summed E-state index contributed by atoms with van der Waals surface area (Å²) >= 11 is 0.755. The Morgan fingerprint density at radius 1 is 1.23 bits per heavy atom. The lowest BCUT2D eigenvalue weighted by Crippen LogP contribution is -2.46. The van der Waals surface area contributed by atoms with Crippen LogP contribution in [0.15, 0.2) is 41.4 Å². The van der Waals surface area contributed by atoms with E-state index in [0.29, 0.717) is 43.4 Å². The van der Waals surface area contributed by atoms with E-state index < -0.39 is 16.1 Å². The molecule has 0 spiro atoms. The minimum atomic E-state index is -0.563. The topological polar surface area (TPSA) is 141 Å². The van der Waals surface area contributed by atoms with E-state index in [-0.39, 0.29) is 28.9 Å². The Balaban J connectivity index is 1.46. The minimum Gasteiger partial charge on any atom is -0.493 e. The monoisotopic (exact) mass is 500 g/mol. The number of aromatic nitrogens is 1. The number of nitro groups is 1. The minimum absolute atomic E-state index is 0.132. The van der Waals surface area contributed by atoms with Crippen LogP contribution in [0.1, 0.15) is 5.56 Å². The molecule has 2 fully saturated rings. The maximum Gasteiger partial charge on any atom is 0.294 e. The maximum atomic E-state index is 12.8. The number of morpholine rings is 1. The van der Waals surface area contributed by atoms with Gasteiger partial charge in [-0.3, -0.25) is 29.4 Å². The molecule has 0 atom stereocenters. The average Bonchev–Trinajstić information content (AvgIpc) is 3.13. The molecule has 2 saturated heterocycles. The van der Waals surface area contributed by atoms with Gasteiger partial charge in [-0.05, 0) is 35.5 Å². The van der Waals surface area contributed by atoms with Gasteiger partial charge in [-0.2, -0.15) is 0 Å². The number of benzene rings is 1. The summed E-state index contributed by atoms with van der Waals surface area (Å²) in [7, 11) is 1.43. The van der Waals surface area contributed by atoms with Gasteiger partial charge < -0.3 is 19.1 Å². The number of hydrogen-bond donors (Lipinski definition) is 0. The molecule has 182 valence electrons. The van der Waals surface area contributed by atoms with E-state index in [9.17, 15) is 24.5 Å². The van der Waals surface area contributed by atoms with Crippen molar-refractivity contribution in [3.8, 4) is 17.4 Å². The number of methoxy groups -OCH3 is 1. The molecule has 0 aliphatic carbocycles. The number of pyridine rings is 1. The summed E-state index contributed by atoms with van der Waals surface area (Å²) in [4.78, 5) is 54.4. The van der Waals surface area contributed by atoms with Gasteiger partial charge in [-0.15, -0.1) is 0 Å². The fourth-order valence-electron chi connectivity index (χ4n) is 3.35. The molecule has 35 heavy (non-hydrogen) atoms. The summed E-state index contributed by atoms with van der Waals surface area (Å²) in [6.07, 6.45) is 2.61. The summed E-state index contributed by atoms with van der Waals surface area (Å²) in [6.45, 7) is 1.38. The second-order valence-electron chi connectivity index (χ2n) is 7.39. The van der Waals surface area contributed by atoms with Crippen molar-refractivity contribution in [1.82, 2.24) is 14.8 Å². The molecule has 0 radical (unpaired) electrons. The van der Waals surface area contributed by atoms with Crippen molar-refractivity contribution < 1.29 is 33.5 Å². The summed E-state index contributed by atoms with van der Waals surface area (Å²) in [5.74, 6) is -0.0978. The number of rotatable bonds is 7. The molecule has 12 nitrogen and oxygen atoms in total. The summed E-state index contributed by atoms with van der Waals surface area (Å²) in [5.41, 5.74) is 0.399. The molecule has 3 amide bonds. The van der Waals surface area contributed by atoms with Gasteiger partial charge in [-0.25, -0.2) is 4.98 Å². The Morgan fingerprint density at radius 2 is 2.00 bits per heavy atom. The van der Waals surface area contributed by atoms with E-state index >= 15 is 0 Å². The number of carbonyl (C=O) groups is 3. The van der Waals surface area contributed by atoms with Gasteiger partial charge in [0.25, 0.3) is 16.8 Å². The summed E-state index contributed by atoms with van der Waals surface area (Å²) < 4.78 is 16.2. The number of carbonyl (C=O) groups excluding carboxylic acids is 3. The largest absolute Gasteiger partial charge is 0.493 e. The van der Waals surface area contributed by atoms with Crippen molar-refractivity contribution in [3.63, 3.8) is 0 Å². The van der Waals surface area contributed by atoms with Crippen LogP contribution in [0.5, 0.6) is 17.4 Å². The van der Waals surface area contributed by atoms with Crippen molar-refractivity contribution in [2.24, 2.45) is 0 Å². The normalized spacial score (nSPS) is 17.1. The molecule has 0 unspecified atom stereocenters. The van der Waals surface area contributed by atoms with Crippen molar-refractivity contribution >= 4 is 40.6 Å². The number of hydrogen-bond acceptors (Lipinski definition) is 10. The number of thioether (sulfide) groups is 1. The van der Waals surface area contributed by atoms with E-state index in [1.165, 1.54) is 25.3 Å². The number of imide groups is 1. The van der Waals surface area contributed by atoms with Crippen LogP contribution >= 0.6 is 11.8 Å². The molecule has 1 aromatic carbocycles. The predicted molar refractivity (Wildman–Crippen MR) is 124 cm³/mol. The highest BCUT2D eigenvalue weighted by atomic mass is 32.2. The van der Waals surface area contributed by atoms with Crippen LogP contribution < -0.4 is 9.47 Å². The molecule has 2 aliphatic rings. The van der Waals surface area contributed by atoms with E-state index in [0.717, 1.165) is 22.9 Å². The lowest BCUT2D eigenvalue weighted by Gasteiger charge is -2.28. The molecule has 1 aromatic heterocycles. The van der Waals surface area contributed by atoms with Crippen LogP contribution in [-0.2, 0) is 14.3 Å². The lowest BCUT2D eigenvalue weighted by atomic mass is 10.2. The van der Waals surface area contributed by atoms with Crippen molar-refractivity contribution in [1.29, 1.82) is 0 Å². The zero-order valence-electron chi connectivity index (χ0n) is 18.5. The number of nitrogens with zero attached hydrogens (tertiary/aromatic N) is 4. The number of amides is 3. The average molecular weight is 500 g/mol. The van der Waals surface area contributed by atoms with Gasteiger partial charge in [-0.1, -0.05) is 6.07 Å². The Hall–Kier alpha value is -3.97. The van der Waals surface area contributed by atoms with Crippen LogP contribution in [-0.4, -0.2) is 76.7 Å². The third kappa shape index (κ3) is 5.58. The predicted octanol–water partition coefficient (Wildman–Crippen LogP) is 2.69. The molecule has 4 rings (SSSR count). The second kappa shape index (κ2) is 10.5. The van der Waals surface area contributed by atoms with Crippen LogP contribution in [0, 0.1) is 10.1 Å². The standard InChI is InChI=1S/C22H20N4O8S/c1-32-17-10-14(2-4-16(17)34-19-5-3-15(12-23-19)26(30)31)11-18-21(28)25(22(29)35-18)13-20(27)24-6-8-33-9-7-24/h2-5,10-12H,6-9,13H2,1H3. The quantitative estimate of drug-likeness (QED) is 0.316. The second-order valence-corrected chi connectivity index (χ2v) is 8.38. The van der Waals surface area contributed by atoms with Crippen LogP contribution in [0.25, 0.3) is 6.08 Å². The Kier molecular flexibility index (Phi) is 7.27. The van der Waals surface area contributed by atoms with E-state index in [2.05, 4.69) is 4.98 Å². The molecular weight excluding hydrogens is 480 g/mol. The van der Waals surface area contributed by atoms with Gasteiger partial charge >= 0.3 is 0 Å². The van der Waals surface area contributed by atoms with Gasteiger partial charge in [0, 0.05) is 25.2 Å². The zero-order valence-corrected chi connectivity index (χ0v) is 19.4. The molecule has 2 aliphatic heterocycles. The Labute approximate surface area is 203 Å². The molecule has 3 heterocycles. The molecular formula is C22H20N4O8S. The first-order valence-electron chi connectivity index (χ1n) is 10.4. The third-order valence-corrected chi connectivity index (χ3v) is 6.07. The fourth-order valence-corrected chi connectivity index (χ4v) is 4.19. The summed E-state index contributed by atoms with van der Waals surface area (Å²) in [5, 5.41) is 10.3. The molecule has 0 bridgehead atoms. The van der Waals surface area contributed by atoms with Gasteiger partial charge in [0.05, 0.1) is 30.2 Å². The van der Waals surface area contributed by atoms with Crippen LogP contribution in [0.3, 0.4) is 0 Å².